The van der Waals surface area contributed by atoms with Crippen LogP contribution in [0.25, 0.3) is 11.1 Å². The minimum Gasteiger partial charge on any atom is -0.489 e. The van der Waals surface area contributed by atoms with Gasteiger partial charge >= 0.3 is 5.97 Å². The Morgan fingerprint density at radius 3 is 2.49 bits per heavy atom. The van der Waals surface area contributed by atoms with Crippen molar-refractivity contribution in [3.63, 3.8) is 0 Å². The van der Waals surface area contributed by atoms with Crippen molar-refractivity contribution >= 4 is 17.6 Å². The number of ether oxygens (including phenoxy) is 3. The number of hydrogen-bond acceptors (Lipinski definition) is 7. The molecule has 3 N–H and O–H groups in total. The molecule has 0 saturated heterocycles. The van der Waals surface area contributed by atoms with Gasteiger partial charge in [0.2, 0.25) is 5.88 Å². The van der Waals surface area contributed by atoms with Gasteiger partial charge in [0.1, 0.15) is 25.1 Å². The van der Waals surface area contributed by atoms with Crippen LogP contribution < -0.4 is 9.47 Å². The first-order valence-electron chi connectivity index (χ1n) is 11.1. The SMILES string of the molecule is CCO[C@@H](CC(=O)O)c1ccc(OCc2ccc(Cl)c(-c3ccc(OCC(O)CO)nc3)c2)cc1. The van der Waals surface area contributed by atoms with Crippen molar-refractivity contribution < 1.29 is 34.3 Å². The molecule has 35 heavy (non-hydrogen) atoms. The quantitative estimate of drug-likeness (QED) is 0.318. The summed E-state index contributed by atoms with van der Waals surface area (Å²) in [4.78, 5) is 15.3. The zero-order valence-electron chi connectivity index (χ0n) is 19.3. The second-order valence-electron chi connectivity index (χ2n) is 7.75. The minimum atomic E-state index is -0.963. The lowest BCUT2D eigenvalue weighted by Gasteiger charge is -2.16. The highest BCUT2D eigenvalue weighted by Crippen LogP contribution is 2.30. The summed E-state index contributed by atoms with van der Waals surface area (Å²) in [6.45, 7) is 2.12. The van der Waals surface area contributed by atoms with Crippen LogP contribution in [0.3, 0.4) is 0 Å². The zero-order valence-corrected chi connectivity index (χ0v) is 20.0. The van der Waals surface area contributed by atoms with Crippen LogP contribution in [0.4, 0.5) is 0 Å². The molecule has 0 aliphatic carbocycles. The molecule has 0 radical (unpaired) electrons. The fourth-order valence-corrected chi connectivity index (χ4v) is 3.55. The van der Waals surface area contributed by atoms with Gasteiger partial charge in [0.25, 0.3) is 0 Å². The highest BCUT2D eigenvalue weighted by Gasteiger charge is 2.16. The first-order valence-corrected chi connectivity index (χ1v) is 11.5. The van der Waals surface area contributed by atoms with Crippen molar-refractivity contribution in [1.29, 1.82) is 0 Å². The Morgan fingerprint density at radius 2 is 1.86 bits per heavy atom. The van der Waals surface area contributed by atoms with Crippen LogP contribution in [0.5, 0.6) is 11.6 Å². The number of nitrogens with zero attached hydrogens (tertiary/aromatic N) is 1. The van der Waals surface area contributed by atoms with Gasteiger partial charge in [-0.15, -0.1) is 0 Å². The number of rotatable bonds is 13. The molecule has 3 rings (SSSR count). The lowest BCUT2D eigenvalue weighted by Crippen LogP contribution is -2.21. The number of carboxylic acid groups (broad SMARTS) is 1. The topological polar surface area (TPSA) is 118 Å². The smallest absolute Gasteiger partial charge is 0.306 e. The third-order valence-electron chi connectivity index (χ3n) is 5.10. The lowest BCUT2D eigenvalue weighted by atomic mass is 10.0. The Hall–Kier alpha value is -3.17. The summed E-state index contributed by atoms with van der Waals surface area (Å²) in [7, 11) is 0. The van der Waals surface area contributed by atoms with Crippen LogP contribution in [0.15, 0.2) is 60.8 Å². The predicted molar refractivity (Wildman–Crippen MR) is 131 cm³/mol. The molecule has 1 unspecified atom stereocenters. The summed E-state index contributed by atoms with van der Waals surface area (Å²) < 4.78 is 16.8. The maximum atomic E-state index is 11.1. The van der Waals surface area contributed by atoms with E-state index in [0.717, 1.165) is 22.3 Å². The van der Waals surface area contributed by atoms with Gasteiger partial charge in [-0.1, -0.05) is 29.8 Å². The Bertz CT molecular complexity index is 1090. The van der Waals surface area contributed by atoms with Crippen molar-refractivity contribution in [2.75, 3.05) is 19.8 Å². The van der Waals surface area contributed by atoms with Gasteiger partial charge < -0.3 is 29.5 Å². The molecule has 1 aromatic heterocycles. The molecule has 2 aromatic carbocycles. The third kappa shape index (κ3) is 7.93. The Balaban J connectivity index is 1.64. The second kappa shape index (κ2) is 13.1. The van der Waals surface area contributed by atoms with Crippen molar-refractivity contribution in [2.45, 2.75) is 32.2 Å². The van der Waals surface area contributed by atoms with Gasteiger partial charge in [-0.05, 0) is 48.4 Å². The maximum absolute atomic E-state index is 11.1. The fourth-order valence-electron chi connectivity index (χ4n) is 3.32. The number of benzene rings is 2. The van der Waals surface area contributed by atoms with Gasteiger partial charge in [0, 0.05) is 35.0 Å². The van der Waals surface area contributed by atoms with Gasteiger partial charge in [-0.3, -0.25) is 4.79 Å². The first-order chi connectivity index (χ1) is 16.9. The molecule has 0 aliphatic rings. The molecule has 0 saturated carbocycles. The molecule has 3 aromatic rings. The molecule has 0 amide bonds. The van der Waals surface area contributed by atoms with E-state index in [4.69, 9.17) is 36.0 Å². The van der Waals surface area contributed by atoms with Crippen molar-refractivity contribution in [3.8, 4) is 22.8 Å². The number of aliphatic carboxylic acids is 1. The summed E-state index contributed by atoms with van der Waals surface area (Å²) in [6.07, 6.45) is 0.0517. The molecule has 9 heteroatoms. The van der Waals surface area contributed by atoms with Gasteiger partial charge in [0.05, 0.1) is 19.1 Å². The molecule has 0 aliphatic heterocycles. The van der Waals surface area contributed by atoms with E-state index in [1.165, 1.54) is 0 Å². The monoisotopic (exact) mass is 501 g/mol. The van der Waals surface area contributed by atoms with Crippen molar-refractivity contribution in [2.24, 2.45) is 0 Å². The van der Waals surface area contributed by atoms with Crippen LogP contribution in [0.2, 0.25) is 5.02 Å². The van der Waals surface area contributed by atoms with E-state index >= 15 is 0 Å². The summed E-state index contributed by atoms with van der Waals surface area (Å²) >= 11 is 6.40. The van der Waals surface area contributed by atoms with Crippen LogP contribution in [-0.2, 0) is 16.1 Å². The highest BCUT2D eigenvalue weighted by molar-refractivity contribution is 6.33. The number of aliphatic hydroxyl groups excluding tert-OH is 2. The molecule has 1 heterocycles. The Morgan fingerprint density at radius 1 is 1.09 bits per heavy atom. The maximum Gasteiger partial charge on any atom is 0.306 e. The fraction of sp³-hybridized carbons (Fsp3) is 0.308. The van der Waals surface area contributed by atoms with Gasteiger partial charge in [0.15, 0.2) is 0 Å². The van der Waals surface area contributed by atoms with E-state index in [1.807, 2.05) is 25.1 Å². The minimum absolute atomic E-state index is 0.0523. The van der Waals surface area contributed by atoms with Crippen molar-refractivity contribution in [3.05, 3.63) is 76.9 Å². The van der Waals surface area contributed by atoms with Crippen LogP contribution in [-0.4, -0.2) is 52.2 Å². The number of aliphatic hydroxyl groups is 2. The molecule has 0 fully saturated rings. The van der Waals surface area contributed by atoms with Crippen molar-refractivity contribution in [1.82, 2.24) is 4.98 Å². The summed E-state index contributed by atoms with van der Waals surface area (Å²) in [5.41, 5.74) is 3.25. The molecular formula is C26H28ClNO7. The summed E-state index contributed by atoms with van der Waals surface area (Å²) in [5.74, 6) is 0.0551. The Kier molecular flexibility index (Phi) is 9.86. The number of hydrogen-bond donors (Lipinski definition) is 3. The zero-order chi connectivity index (χ0) is 25.2. The van der Waals surface area contributed by atoms with E-state index in [2.05, 4.69) is 4.98 Å². The van der Waals surface area contributed by atoms with Gasteiger partial charge in [-0.2, -0.15) is 0 Å². The molecule has 186 valence electrons. The van der Waals surface area contributed by atoms with E-state index in [9.17, 15) is 9.90 Å². The highest BCUT2D eigenvalue weighted by atomic mass is 35.5. The first kappa shape index (κ1) is 26.4. The number of carbonyl (C=O) groups is 1. The average Bonchev–Trinajstić information content (AvgIpc) is 2.87. The average molecular weight is 502 g/mol. The normalized spacial score (nSPS) is 12.7. The Labute approximate surface area is 208 Å². The lowest BCUT2D eigenvalue weighted by molar-refractivity contribution is -0.140. The molecular weight excluding hydrogens is 474 g/mol. The van der Waals surface area contributed by atoms with Crippen LogP contribution >= 0.6 is 11.6 Å². The number of aromatic nitrogens is 1. The van der Waals surface area contributed by atoms with E-state index in [1.54, 1.807) is 42.6 Å². The summed E-state index contributed by atoms with van der Waals surface area (Å²) in [6, 6.07) is 16.2. The van der Waals surface area contributed by atoms with Gasteiger partial charge in [-0.25, -0.2) is 4.98 Å². The van der Waals surface area contributed by atoms with Crippen LogP contribution in [0, 0.1) is 0 Å². The van der Waals surface area contributed by atoms with E-state index < -0.39 is 18.2 Å². The van der Waals surface area contributed by atoms with E-state index in [0.29, 0.717) is 29.9 Å². The molecule has 0 spiro atoms. The number of pyridine rings is 1. The third-order valence-corrected chi connectivity index (χ3v) is 5.43. The number of carboxylic acids is 1. The molecule has 0 bridgehead atoms. The largest absolute Gasteiger partial charge is 0.489 e. The summed E-state index contributed by atoms with van der Waals surface area (Å²) in [5, 5.41) is 27.9. The molecule has 8 nitrogen and oxygen atoms in total. The molecule has 2 atom stereocenters. The second-order valence-corrected chi connectivity index (χ2v) is 8.15. The predicted octanol–water partition coefficient (Wildman–Crippen LogP) is 4.27. The van der Waals surface area contributed by atoms with Crippen LogP contribution in [0.1, 0.15) is 30.6 Å². The van der Waals surface area contributed by atoms with E-state index in [-0.39, 0.29) is 19.6 Å². The standard InChI is InChI=1S/C26H28ClNO7/c1-2-33-24(12-26(31)32)18-4-7-21(8-5-18)34-15-17-3-9-23(27)22(11-17)19-6-10-25(28-13-19)35-16-20(30)14-29/h3-11,13,20,24,29-30H,2,12,14-16H2,1H3,(H,31,32)/t20?,24-/m0/s1. The number of halogens is 1.